The van der Waals surface area contributed by atoms with E-state index in [1.165, 1.54) is 18.4 Å². The normalized spacial score (nSPS) is 14.9. The highest BCUT2D eigenvalue weighted by molar-refractivity contribution is 5.77. The topological polar surface area (TPSA) is 39.1 Å². The van der Waals surface area contributed by atoms with Gasteiger partial charge in [-0.15, -0.1) is 0 Å². The Morgan fingerprint density at radius 3 is 2.95 bits per heavy atom. The zero-order valence-corrected chi connectivity index (χ0v) is 12.4. The molecule has 1 aliphatic carbocycles. The molecule has 1 fully saturated rings. The molecule has 4 heteroatoms. The van der Waals surface area contributed by atoms with Crippen LogP contribution in [0.2, 0.25) is 0 Å². The van der Waals surface area contributed by atoms with Gasteiger partial charge >= 0.3 is 0 Å². The third-order valence-corrected chi connectivity index (χ3v) is 3.89. The van der Waals surface area contributed by atoms with Crippen molar-refractivity contribution in [1.29, 1.82) is 0 Å². The number of hydrogen-bond acceptors (Lipinski definition) is 3. The second kappa shape index (κ2) is 5.83. The van der Waals surface area contributed by atoms with Crippen LogP contribution >= 0.6 is 0 Å². The maximum atomic E-state index is 5.29. The lowest BCUT2D eigenvalue weighted by Crippen LogP contribution is -2.19. The number of hydrogen-bond donors (Lipinski definition) is 1. The molecule has 1 N–H and O–H groups in total. The van der Waals surface area contributed by atoms with Crippen LogP contribution in [0, 0.1) is 5.92 Å². The predicted molar refractivity (Wildman–Crippen MR) is 81.0 cm³/mol. The Balaban J connectivity index is 1.85. The maximum Gasteiger partial charge on any atom is 0.123 e. The Labute approximate surface area is 120 Å². The van der Waals surface area contributed by atoms with E-state index in [-0.39, 0.29) is 0 Å². The van der Waals surface area contributed by atoms with E-state index in [4.69, 9.17) is 9.72 Å². The van der Waals surface area contributed by atoms with Crippen LogP contribution in [0.25, 0.3) is 11.0 Å². The fourth-order valence-corrected chi connectivity index (χ4v) is 2.60. The maximum absolute atomic E-state index is 5.29. The lowest BCUT2D eigenvalue weighted by atomic mass is 10.3. The first-order valence-electron chi connectivity index (χ1n) is 7.55. The van der Waals surface area contributed by atoms with Crippen molar-refractivity contribution in [3.63, 3.8) is 0 Å². The van der Waals surface area contributed by atoms with Crippen molar-refractivity contribution in [2.75, 3.05) is 13.7 Å². The molecule has 0 aliphatic heterocycles. The summed E-state index contributed by atoms with van der Waals surface area (Å²) < 4.78 is 7.62. The molecule has 0 radical (unpaired) electrons. The third kappa shape index (κ3) is 2.80. The molecule has 1 saturated carbocycles. The molecule has 0 unspecified atom stereocenters. The fourth-order valence-electron chi connectivity index (χ4n) is 2.60. The van der Waals surface area contributed by atoms with Crippen LogP contribution in [-0.4, -0.2) is 23.2 Å². The Morgan fingerprint density at radius 1 is 1.40 bits per heavy atom. The first-order valence-corrected chi connectivity index (χ1v) is 7.55. The minimum atomic E-state index is 0.855. The monoisotopic (exact) mass is 273 g/mol. The summed E-state index contributed by atoms with van der Waals surface area (Å²) in [6.45, 7) is 5.20. The molecular formula is C16H23N3O. The Bertz CT molecular complexity index is 587. The lowest BCUT2D eigenvalue weighted by Gasteiger charge is -2.08. The van der Waals surface area contributed by atoms with Crippen LogP contribution in [-0.2, 0) is 13.1 Å². The average Bonchev–Trinajstić information content (AvgIpc) is 3.22. The molecule has 1 aromatic carbocycles. The highest BCUT2D eigenvalue weighted by Crippen LogP contribution is 2.28. The van der Waals surface area contributed by atoms with Crippen molar-refractivity contribution in [2.24, 2.45) is 5.92 Å². The van der Waals surface area contributed by atoms with Crippen molar-refractivity contribution in [1.82, 2.24) is 14.9 Å². The second-order valence-corrected chi connectivity index (χ2v) is 5.61. The van der Waals surface area contributed by atoms with Gasteiger partial charge in [-0.1, -0.05) is 6.92 Å². The second-order valence-electron chi connectivity index (χ2n) is 5.61. The number of nitrogens with zero attached hydrogens (tertiary/aromatic N) is 2. The van der Waals surface area contributed by atoms with Gasteiger partial charge in [0.05, 0.1) is 24.7 Å². The molecule has 3 rings (SSSR count). The predicted octanol–water partition coefficient (Wildman–Crippen LogP) is 2.95. The third-order valence-electron chi connectivity index (χ3n) is 3.89. The van der Waals surface area contributed by atoms with E-state index >= 15 is 0 Å². The smallest absolute Gasteiger partial charge is 0.123 e. The first-order chi connectivity index (χ1) is 9.81. The number of benzene rings is 1. The number of nitrogens with one attached hydrogen (secondary N) is 1. The van der Waals surface area contributed by atoms with Crippen LogP contribution in [0.4, 0.5) is 0 Å². The summed E-state index contributed by atoms with van der Waals surface area (Å²) in [5, 5.41) is 3.54. The fraction of sp³-hybridized carbons (Fsp3) is 0.562. The minimum absolute atomic E-state index is 0.855. The minimum Gasteiger partial charge on any atom is -0.497 e. The summed E-state index contributed by atoms with van der Waals surface area (Å²) in [6, 6.07) is 6.14. The van der Waals surface area contributed by atoms with Crippen LogP contribution in [0.1, 0.15) is 32.0 Å². The van der Waals surface area contributed by atoms with E-state index in [1.807, 2.05) is 12.1 Å². The van der Waals surface area contributed by atoms with Gasteiger partial charge in [0.2, 0.25) is 0 Å². The molecular weight excluding hydrogens is 250 g/mol. The van der Waals surface area contributed by atoms with Gasteiger partial charge in [-0.3, -0.25) is 0 Å². The van der Waals surface area contributed by atoms with Crippen molar-refractivity contribution >= 4 is 11.0 Å². The molecule has 0 amide bonds. The Kier molecular flexibility index (Phi) is 3.92. The zero-order chi connectivity index (χ0) is 13.9. The molecule has 4 nitrogen and oxygen atoms in total. The number of methoxy groups -OCH3 is 1. The average molecular weight is 273 g/mol. The highest BCUT2D eigenvalue weighted by atomic mass is 16.5. The van der Waals surface area contributed by atoms with Crippen molar-refractivity contribution in [2.45, 2.75) is 39.3 Å². The molecule has 1 aromatic heterocycles. The van der Waals surface area contributed by atoms with Gasteiger partial charge in [-0.2, -0.15) is 0 Å². The van der Waals surface area contributed by atoms with E-state index in [0.29, 0.717) is 0 Å². The number of imidazole rings is 1. The quantitative estimate of drug-likeness (QED) is 0.843. The molecule has 2 aromatic rings. The van der Waals surface area contributed by atoms with E-state index in [0.717, 1.165) is 49.1 Å². The van der Waals surface area contributed by atoms with Gasteiger partial charge in [0.25, 0.3) is 0 Å². The molecule has 0 bridgehead atoms. The zero-order valence-electron chi connectivity index (χ0n) is 12.4. The summed E-state index contributed by atoms with van der Waals surface area (Å²) >= 11 is 0. The van der Waals surface area contributed by atoms with Crippen LogP contribution in [0.15, 0.2) is 18.2 Å². The molecule has 1 aliphatic rings. The van der Waals surface area contributed by atoms with Crippen molar-refractivity contribution in [3.05, 3.63) is 24.0 Å². The van der Waals surface area contributed by atoms with E-state index in [9.17, 15) is 0 Å². The molecule has 0 atom stereocenters. The summed E-state index contributed by atoms with van der Waals surface area (Å²) in [4.78, 5) is 4.78. The highest BCUT2D eigenvalue weighted by Gasteiger charge is 2.20. The number of aromatic nitrogens is 2. The molecule has 20 heavy (non-hydrogen) atoms. The standard InChI is InChI=1S/C16H23N3O/c1-3-8-19-15-7-6-13(20-2)9-14(15)18-16(19)11-17-10-12-4-5-12/h6-7,9,12,17H,3-5,8,10-11H2,1-2H3. The molecule has 108 valence electrons. The van der Waals surface area contributed by atoms with E-state index < -0.39 is 0 Å². The SMILES string of the molecule is CCCn1c(CNCC2CC2)nc2cc(OC)ccc21. The largest absolute Gasteiger partial charge is 0.497 e. The van der Waals surface area contributed by atoms with E-state index in [2.05, 4.69) is 22.9 Å². The Morgan fingerprint density at radius 2 is 2.25 bits per heavy atom. The lowest BCUT2D eigenvalue weighted by molar-refractivity contribution is 0.415. The van der Waals surface area contributed by atoms with Gasteiger partial charge in [0.1, 0.15) is 11.6 Å². The van der Waals surface area contributed by atoms with Crippen LogP contribution < -0.4 is 10.1 Å². The van der Waals surface area contributed by atoms with Gasteiger partial charge < -0.3 is 14.6 Å². The first kappa shape index (κ1) is 13.4. The summed E-state index contributed by atoms with van der Waals surface area (Å²) in [7, 11) is 1.70. The molecule has 0 spiro atoms. The van der Waals surface area contributed by atoms with Gasteiger partial charge in [-0.25, -0.2) is 4.98 Å². The van der Waals surface area contributed by atoms with E-state index in [1.54, 1.807) is 7.11 Å². The van der Waals surface area contributed by atoms with Gasteiger partial charge in [0.15, 0.2) is 0 Å². The number of rotatable bonds is 7. The van der Waals surface area contributed by atoms with Gasteiger partial charge in [0, 0.05) is 12.6 Å². The van der Waals surface area contributed by atoms with Gasteiger partial charge in [-0.05, 0) is 43.9 Å². The summed E-state index contributed by atoms with van der Waals surface area (Å²) in [6.07, 6.45) is 3.89. The van der Waals surface area contributed by atoms with Crippen LogP contribution in [0.3, 0.4) is 0 Å². The summed E-state index contributed by atoms with van der Waals surface area (Å²) in [5.74, 6) is 2.91. The Hall–Kier alpha value is -1.55. The number of fused-ring (bicyclic) bond motifs is 1. The molecule has 0 saturated heterocycles. The summed E-state index contributed by atoms with van der Waals surface area (Å²) in [5.41, 5.74) is 2.23. The van der Waals surface area contributed by atoms with Crippen molar-refractivity contribution < 1.29 is 4.74 Å². The molecule has 1 heterocycles. The van der Waals surface area contributed by atoms with Crippen molar-refractivity contribution in [3.8, 4) is 5.75 Å². The number of aryl methyl sites for hydroxylation is 1. The number of ether oxygens (including phenoxy) is 1. The van der Waals surface area contributed by atoms with Crippen LogP contribution in [0.5, 0.6) is 5.75 Å².